The summed E-state index contributed by atoms with van der Waals surface area (Å²) in [5.74, 6) is 1.69. The molecule has 6 heterocycles. The zero-order valence-corrected chi connectivity index (χ0v) is 30.2. The van der Waals surface area contributed by atoms with Gasteiger partial charge in [-0.15, -0.1) is 10.2 Å². The van der Waals surface area contributed by atoms with Crippen LogP contribution in [0.25, 0.3) is 0 Å². The molecule has 0 aliphatic carbocycles. The maximum absolute atomic E-state index is 12.6. The average Bonchev–Trinajstić information content (AvgIpc) is 3.13. The fourth-order valence-electron chi connectivity index (χ4n) is 5.19. The van der Waals surface area contributed by atoms with Gasteiger partial charge in [-0.25, -0.2) is 14.8 Å². The van der Waals surface area contributed by atoms with Crippen LogP contribution < -0.4 is 26.3 Å². The maximum atomic E-state index is 12.6. The second-order valence-electron chi connectivity index (χ2n) is 11.1. The molecule has 1 amide bonds. The Balaban J connectivity index is 0.000000182. The van der Waals surface area contributed by atoms with Crippen molar-refractivity contribution >= 4 is 55.4 Å². The van der Waals surface area contributed by atoms with Crippen molar-refractivity contribution in [2.45, 2.75) is 37.5 Å². The lowest BCUT2D eigenvalue weighted by Gasteiger charge is -2.31. The van der Waals surface area contributed by atoms with E-state index in [0.717, 1.165) is 54.6 Å². The zero-order chi connectivity index (χ0) is 35.3. The number of rotatable bonds is 6. The number of aromatic carboxylic acids is 1. The zero-order valence-electron chi connectivity index (χ0n) is 27.1. The van der Waals surface area contributed by atoms with E-state index >= 15 is 0 Å². The fraction of sp³-hybridized carbons (Fsp3) is 0.375. The van der Waals surface area contributed by atoms with Crippen LogP contribution in [0.3, 0.4) is 0 Å². The van der Waals surface area contributed by atoms with Gasteiger partial charge in [-0.05, 0) is 94.9 Å². The quantitative estimate of drug-likeness (QED) is 0.214. The molecule has 6 N–H and O–H groups in total. The molecular weight excluding hydrogens is 764 g/mol. The fourth-order valence-corrected chi connectivity index (χ4v) is 5.94. The molecule has 6 rings (SSSR count). The number of nitrogens with two attached hydrogens (primary N) is 2. The highest BCUT2D eigenvalue weighted by molar-refractivity contribution is 9.10. The number of halogens is 2. The van der Waals surface area contributed by atoms with Crippen LogP contribution in [0.5, 0.6) is 11.5 Å². The number of nitrogens with zero attached hydrogens (tertiary/aromatic N) is 7. The number of carboxylic acids is 1. The highest BCUT2D eigenvalue weighted by atomic mass is 79.9. The number of ether oxygens (including phenoxy) is 2. The molecule has 2 fully saturated rings. The Hall–Kier alpha value is -4.48. The van der Waals surface area contributed by atoms with Crippen LogP contribution in [0, 0.1) is 0 Å². The van der Waals surface area contributed by atoms with Gasteiger partial charge in [-0.2, -0.15) is 10.2 Å². The molecule has 2 aliphatic rings. The summed E-state index contributed by atoms with van der Waals surface area (Å²) >= 11 is 6.50. The van der Waals surface area contributed by atoms with Gasteiger partial charge in [0.15, 0.2) is 5.69 Å². The molecule has 0 saturated carbocycles. The van der Waals surface area contributed by atoms with Crippen molar-refractivity contribution < 1.29 is 24.2 Å². The second-order valence-corrected chi connectivity index (χ2v) is 12.8. The predicted molar refractivity (Wildman–Crippen MR) is 190 cm³/mol. The number of carboxylic acid groups (broad SMARTS) is 1. The molecule has 0 atom stereocenters. The lowest BCUT2D eigenvalue weighted by molar-refractivity contribution is 0.0686. The number of likely N-dealkylation sites (tertiary alicyclic amines) is 1. The number of amides is 1. The van der Waals surface area contributed by atoms with E-state index in [-0.39, 0.29) is 11.6 Å². The highest BCUT2D eigenvalue weighted by Gasteiger charge is 2.26. The number of nitrogens with one attached hydrogen (secondary N) is 1. The largest absolute Gasteiger partial charge is 0.495 e. The van der Waals surface area contributed by atoms with Gasteiger partial charge in [0, 0.05) is 49.5 Å². The number of carbonyl (C=O) groups is 2. The molecule has 17 heteroatoms. The lowest BCUT2D eigenvalue weighted by atomic mass is 9.93. The first-order valence-corrected chi connectivity index (χ1v) is 17.0. The van der Waals surface area contributed by atoms with E-state index < -0.39 is 5.97 Å². The van der Waals surface area contributed by atoms with Gasteiger partial charge in [-0.1, -0.05) is 0 Å². The van der Waals surface area contributed by atoms with E-state index in [4.69, 9.17) is 26.0 Å². The summed E-state index contributed by atoms with van der Waals surface area (Å²) < 4.78 is 11.5. The summed E-state index contributed by atoms with van der Waals surface area (Å²) in [7, 11) is 3.03. The predicted octanol–water partition coefficient (Wildman–Crippen LogP) is 4.32. The van der Waals surface area contributed by atoms with E-state index in [2.05, 4.69) is 67.5 Å². The Bertz CT molecular complexity index is 1690. The monoisotopic (exact) mass is 800 g/mol. The Morgan fingerprint density at radius 1 is 0.776 bits per heavy atom. The van der Waals surface area contributed by atoms with E-state index in [1.54, 1.807) is 25.4 Å². The van der Waals surface area contributed by atoms with E-state index in [1.165, 1.54) is 19.4 Å². The number of hydrogen-bond acceptors (Lipinski definition) is 13. The number of nitrogen functional groups attached to an aromatic ring is 2. The third kappa shape index (κ3) is 10.8. The van der Waals surface area contributed by atoms with Gasteiger partial charge in [0.1, 0.15) is 28.8 Å². The molecular formula is C32H38Br2N10O5. The van der Waals surface area contributed by atoms with Gasteiger partial charge in [0.05, 0.1) is 34.6 Å². The number of anilines is 2. The average molecular weight is 803 g/mol. The van der Waals surface area contributed by atoms with Crippen molar-refractivity contribution in [3.8, 4) is 11.5 Å². The Morgan fingerprint density at radius 2 is 1.24 bits per heavy atom. The van der Waals surface area contributed by atoms with Crippen molar-refractivity contribution in [3.05, 3.63) is 80.5 Å². The summed E-state index contributed by atoms with van der Waals surface area (Å²) in [6.45, 7) is 3.48. The van der Waals surface area contributed by atoms with Crippen molar-refractivity contribution in [3.63, 3.8) is 0 Å². The Kier molecular flexibility index (Phi) is 14.0. The third-order valence-corrected chi connectivity index (χ3v) is 9.08. The third-order valence-electron chi connectivity index (χ3n) is 7.89. The van der Waals surface area contributed by atoms with Crippen molar-refractivity contribution in [2.24, 2.45) is 0 Å². The molecule has 260 valence electrons. The number of hydrogen-bond donors (Lipinski definition) is 4. The smallest absolute Gasteiger partial charge is 0.354 e. The van der Waals surface area contributed by atoms with Crippen molar-refractivity contribution in [1.29, 1.82) is 0 Å². The molecule has 4 aromatic heterocycles. The highest BCUT2D eigenvalue weighted by Crippen LogP contribution is 2.29. The molecule has 2 saturated heterocycles. The minimum Gasteiger partial charge on any atom is -0.495 e. The number of methoxy groups -OCH3 is 2. The second kappa shape index (κ2) is 18.3. The Labute approximate surface area is 300 Å². The van der Waals surface area contributed by atoms with E-state index in [1.807, 2.05) is 23.1 Å². The molecule has 15 nitrogen and oxygen atoms in total. The van der Waals surface area contributed by atoms with Crippen LogP contribution in [-0.4, -0.2) is 92.6 Å². The van der Waals surface area contributed by atoms with Crippen molar-refractivity contribution in [1.82, 2.24) is 40.6 Å². The summed E-state index contributed by atoms with van der Waals surface area (Å²) in [5, 5.41) is 27.9. The van der Waals surface area contributed by atoms with Crippen molar-refractivity contribution in [2.75, 3.05) is 51.9 Å². The van der Waals surface area contributed by atoms with E-state index in [0.29, 0.717) is 58.2 Å². The normalized spacial score (nSPS) is 14.8. The summed E-state index contributed by atoms with van der Waals surface area (Å²) in [4.78, 5) is 32.7. The van der Waals surface area contributed by atoms with Gasteiger partial charge in [0.2, 0.25) is 0 Å². The molecule has 0 unspecified atom stereocenters. The molecule has 0 bridgehead atoms. The van der Waals surface area contributed by atoms with Crippen LogP contribution in [0.15, 0.2) is 57.7 Å². The van der Waals surface area contributed by atoms with Gasteiger partial charge in [-0.3, -0.25) is 4.79 Å². The standard InChI is InChI=1S/C16H18BrN5O2.C9H14N4.C7H6BrNO3/c1-24-14-8-13(19-9-11(14)17)16(23)22-6-4-10(5-7-22)12-2-3-15(18)21-20-12;10-9-2-1-8(12-13-9)7-3-5-11-6-4-7;1-12-6-2-5(7(10)11)9-3-4(6)8/h2-3,8-10H,4-7H2,1H3,(H2,18,21);1-2,7,11H,3-6H2,(H2,10,13);2-3H,1H3,(H,10,11). The molecule has 4 aromatic rings. The molecule has 0 radical (unpaired) electrons. The SMILES string of the molecule is COc1cc(C(=O)N2CCC(c3ccc(N)nn3)CC2)ncc1Br.COc1cc(C(=O)O)ncc1Br.Nc1ccc(C2CCNCC2)nn1. The number of piperidine rings is 2. The van der Waals surface area contributed by atoms with Gasteiger partial charge >= 0.3 is 5.97 Å². The summed E-state index contributed by atoms with van der Waals surface area (Å²) in [5.41, 5.74) is 13.4. The minimum atomic E-state index is -1.07. The van der Waals surface area contributed by atoms with E-state index in [9.17, 15) is 9.59 Å². The van der Waals surface area contributed by atoms with Crippen LogP contribution in [0.4, 0.5) is 11.6 Å². The van der Waals surface area contributed by atoms with Crippen LogP contribution in [0.2, 0.25) is 0 Å². The molecule has 0 aromatic carbocycles. The maximum Gasteiger partial charge on any atom is 0.354 e. The molecule has 2 aliphatic heterocycles. The van der Waals surface area contributed by atoms with Crippen LogP contribution >= 0.6 is 31.9 Å². The first-order chi connectivity index (χ1) is 23.6. The van der Waals surface area contributed by atoms with Gasteiger partial charge in [0.25, 0.3) is 5.91 Å². The first kappa shape index (κ1) is 37.3. The molecule has 0 spiro atoms. The molecule has 49 heavy (non-hydrogen) atoms. The number of pyridine rings is 2. The van der Waals surface area contributed by atoms with Crippen LogP contribution in [0.1, 0.15) is 69.9 Å². The Morgan fingerprint density at radius 3 is 1.69 bits per heavy atom. The topological polar surface area (TPSA) is 217 Å². The lowest BCUT2D eigenvalue weighted by Crippen LogP contribution is -2.38. The summed E-state index contributed by atoms with van der Waals surface area (Å²) in [6.07, 6.45) is 6.97. The van der Waals surface area contributed by atoms with Gasteiger partial charge < -0.3 is 36.3 Å². The first-order valence-electron chi connectivity index (χ1n) is 15.4. The number of aromatic nitrogens is 6. The summed E-state index contributed by atoms with van der Waals surface area (Å²) in [6, 6.07) is 10.5. The minimum absolute atomic E-state index is 0.0324. The van der Waals surface area contributed by atoms with Crippen LogP contribution in [-0.2, 0) is 0 Å². The number of carbonyl (C=O) groups excluding carboxylic acids is 1.